The fraction of sp³-hybridized carbons (Fsp3) is 0.316. The molecule has 0 N–H and O–H groups in total. The van der Waals surface area contributed by atoms with Gasteiger partial charge in [-0.2, -0.15) is 5.10 Å². The Morgan fingerprint density at radius 2 is 1.96 bits per heavy atom. The van der Waals surface area contributed by atoms with Crippen LogP contribution in [0.1, 0.15) is 30.4 Å². The van der Waals surface area contributed by atoms with Crippen molar-refractivity contribution in [1.29, 1.82) is 0 Å². The molecule has 0 atom stereocenters. The number of nitrogens with zero attached hydrogens (tertiary/aromatic N) is 3. The number of ether oxygens (including phenoxy) is 2. The predicted molar refractivity (Wildman–Crippen MR) is 94.7 cm³/mol. The molecule has 3 rings (SSSR count). The Hall–Kier alpha value is -2.89. The van der Waals surface area contributed by atoms with Crippen molar-refractivity contribution in [3.05, 3.63) is 53.9 Å². The fourth-order valence-corrected chi connectivity index (χ4v) is 2.79. The first-order chi connectivity index (χ1) is 12.2. The van der Waals surface area contributed by atoms with Gasteiger partial charge < -0.3 is 9.47 Å². The molecule has 0 spiro atoms. The third kappa shape index (κ3) is 3.96. The number of carbonyl (C=O) groups excluding carboxylic acids is 1. The molecule has 2 heterocycles. The van der Waals surface area contributed by atoms with E-state index < -0.39 is 0 Å². The number of aromatic nitrogens is 1. The van der Waals surface area contributed by atoms with E-state index >= 15 is 0 Å². The van der Waals surface area contributed by atoms with E-state index in [1.807, 2.05) is 30.3 Å². The Labute approximate surface area is 147 Å². The van der Waals surface area contributed by atoms with Crippen molar-refractivity contribution in [3.63, 3.8) is 0 Å². The lowest BCUT2D eigenvalue weighted by atomic mass is 10.0. The molecule has 6 nitrogen and oxygen atoms in total. The monoisotopic (exact) mass is 339 g/mol. The predicted octanol–water partition coefficient (Wildman–Crippen LogP) is 3.02. The largest absolute Gasteiger partial charge is 0.493 e. The highest BCUT2D eigenvalue weighted by molar-refractivity contribution is 6.02. The molecule has 25 heavy (non-hydrogen) atoms. The van der Waals surface area contributed by atoms with Gasteiger partial charge in [-0.25, -0.2) is 5.01 Å². The van der Waals surface area contributed by atoms with E-state index in [9.17, 15) is 4.79 Å². The quantitative estimate of drug-likeness (QED) is 0.840. The summed E-state index contributed by atoms with van der Waals surface area (Å²) in [6.45, 7) is 0.420. The summed E-state index contributed by atoms with van der Waals surface area (Å²) < 4.78 is 10.7. The maximum Gasteiger partial charge on any atom is 0.242 e. The maximum absolute atomic E-state index is 12.4. The normalized spacial score (nSPS) is 14.7. The number of methoxy groups -OCH3 is 2. The molecule has 0 fully saturated rings. The summed E-state index contributed by atoms with van der Waals surface area (Å²) >= 11 is 0. The molecule has 1 aliphatic rings. The summed E-state index contributed by atoms with van der Waals surface area (Å²) in [4.78, 5) is 16.5. The van der Waals surface area contributed by atoms with E-state index in [-0.39, 0.29) is 5.91 Å². The molecular weight excluding hydrogens is 318 g/mol. The summed E-state index contributed by atoms with van der Waals surface area (Å²) in [7, 11) is 3.21. The Kier molecular flexibility index (Phi) is 5.28. The zero-order chi connectivity index (χ0) is 17.6. The molecule has 1 aromatic heterocycles. The van der Waals surface area contributed by atoms with E-state index in [4.69, 9.17) is 9.47 Å². The molecule has 1 aliphatic heterocycles. The van der Waals surface area contributed by atoms with Gasteiger partial charge in [-0.3, -0.25) is 9.78 Å². The second-order valence-corrected chi connectivity index (χ2v) is 5.78. The number of carbonyl (C=O) groups is 1. The second kappa shape index (κ2) is 7.79. The molecule has 0 saturated heterocycles. The Balaban J connectivity index is 1.91. The van der Waals surface area contributed by atoms with Crippen LogP contribution in [-0.4, -0.2) is 35.8 Å². The first-order valence-corrected chi connectivity index (χ1v) is 8.20. The van der Waals surface area contributed by atoms with Gasteiger partial charge in [-0.15, -0.1) is 0 Å². The van der Waals surface area contributed by atoms with Gasteiger partial charge in [-0.1, -0.05) is 6.07 Å². The number of pyridine rings is 1. The van der Waals surface area contributed by atoms with Gasteiger partial charge in [0.15, 0.2) is 11.5 Å². The van der Waals surface area contributed by atoms with E-state index in [2.05, 4.69) is 10.1 Å². The van der Waals surface area contributed by atoms with Gasteiger partial charge in [-0.05, 0) is 42.7 Å². The van der Waals surface area contributed by atoms with E-state index in [1.54, 1.807) is 26.6 Å². The van der Waals surface area contributed by atoms with Crippen molar-refractivity contribution in [2.75, 3.05) is 14.2 Å². The highest BCUT2D eigenvalue weighted by Crippen LogP contribution is 2.29. The van der Waals surface area contributed by atoms with Crippen LogP contribution in [0.3, 0.4) is 0 Å². The zero-order valence-electron chi connectivity index (χ0n) is 14.4. The average molecular weight is 339 g/mol. The van der Waals surface area contributed by atoms with E-state index in [0.717, 1.165) is 29.7 Å². The minimum absolute atomic E-state index is 0.0272. The molecule has 0 saturated carbocycles. The molecule has 0 radical (unpaired) electrons. The number of benzene rings is 1. The SMILES string of the molecule is COc1ccc(C2=NN(Cc3cccnc3)C(=O)CCC2)cc1OC. The fourth-order valence-electron chi connectivity index (χ4n) is 2.79. The Morgan fingerprint density at radius 1 is 1.12 bits per heavy atom. The van der Waals surface area contributed by atoms with Crippen LogP contribution in [0.5, 0.6) is 11.5 Å². The van der Waals surface area contributed by atoms with Crippen LogP contribution in [0.15, 0.2) is 47.8 Å². The third-order valence-corrected chi connectivity index (χ3v) is 4.11. The topological polar surface area (TPSA) is 64.0 Å². The van der Waals surface area contributed by atoms with Gasteiger partial charge in [0.05, 0.1) is 26.5 Å². The minimum Gasteiger partial charge on any atom is -0.493 e. The summed E-state index contributed by atoms with van der Waals surface area (Å²) in [6, 6.07) is 9.50. The van der Waals surface area contributed by atoms with Crippen molar-refractivity contribution in [3.8, 4) is 11.5 Å². The maximum atomic E-state index is 12.4. The average Bonchev–Trinajstić information content (AvgIpc) is 2.84. The van der Waals surface area contributed by atoms with Gasteiger partial charge in [0.25, 0.3) is 0 Å². The van der Waals surface area contributed by atoms with Crippen LogP contribution < -0.4 is 9.47 Å². The number of hydrazone groups is 1. The summed E-state index contributed by atoms with van der Waals surface area (Å²) in [5.41, 5.74) is 2.76. The summed E-state index contributed by atoms with van der Waals surface area (Å²) in [5, 5.41) is 6.17. The molecule has 130 valence electrons. The molecule has 2 aromatic rings. The lowest BCUT2D eigenvalue weighted by molar-refractivity contribution is -0.131. The smallest absolute Gasteiger partial charge is 0.242 e. The lowest BCUT2D eigenvalue weighted by Gasteiger charge is -2.17. The van der Waals surface area contributed by atoms with Crippen LogP contribution in [0, 0.1) is 0 Å². The number of hydrogen-bond acceptors (Lipinski definition) is 5. The van der Waals surface area contributed by atoms with Crippen molar-refractivity contribution in [2.45, 2.75) is 25.8 Å². The first kappa shape index (κ1) is 17.0. The number of amides is 1. The van der Waals surface area contributed by atoms with Crippen LogP contribution in [0.2, 0.25) is 0 Å². The Morgan fingerprint density at radius 3 is 2.68 bits per heavy atom. The van der Waals surface area contributed by atoms with Crippen molar-refractivity contribution in [1.82, 2.24) is 9.99 Å². The second-order valence-electron chi connectivity index (χ2n) is 5.78. The number of rotatable bonds is 5. The summed E-state index contributed by atoms with van der Waals surface area (Å²) in [5.74, 6) is 1.35. The molecule has 6 heteroatoms. The van der Waals surface area contributed by atoms with Gasteiger partial charge in [0, 0.05) is 24.4 Å². The Bertz CT molecular complexity index is 775. The highest BCUT2D eigenvalue weighted by Gasteiger charge is 2.20. The van der Waals surface area contributed by atoms with Crippen LogP contribution in [-0.2, 0) is 11.3 Å². The van der Waals surface area contributed by atoms with Gasteiger partial charge >= 0.3 is 0 Å². The van der Waals surface area contributed by atoms with Gasteiger partial charge in [0.2, 0.25) is 5.91 Å². The number of hydrogen-bond donors (Lipinski definition) is 0. The van der Waals surface area contributed by atoms with Crippen molar-refractivity contribution in [2.24, 2.45) is 5.10 Å². The lowest BCUT2D eigenvalue weighted by Crippen LogP contribution is -2.25. The zero-order valence-corrected chi connectivity index (χ0v) is 14.4. The minimum atomic E-state index is 0.0272. The van der Waals surface area contributed by atoms with Crippen LogP contribution in [0.4, 0.5) is 0 Å². The van der Waals surface area contributed by atoms with Gasteiger partial charge in [0.1, 0.15) is 0 Å². The highest BCUT2D eigenvalue weighted by atomic mass is 16.5. The summed E-state index contributed by atoms with van der Waals surface area (Å²) in [6.07, 6.45) is 5.47. The molecule has 1 aromatic carbocycles. The first-order valence-electron chi connectivity index (χ1n) is 8.20. The molecule has 0 bridgehead atoms. The van der Waals surface area contributed by atoms with Crippen molar-refractivity contribution >= 4 is 11.6 Å². The van der Waals surface area contributed by atoms with Crippen molar-refractivity contribution < 1.29 is 14.3 Å². The molecular formula is C19H21N3O3. The van der Waals surface area contributed by atoms with Crippen LogP contribution in [0.25, 0.3) is 0 Å². The molecule has 0 aliphatic carbocycles. The van der Waals surface area contributed by atoms with E-state index in [1.165, 1.54) is 5.01 Å². The van der Waals surface area contributed by atoms with E-state index in [0.29, 0.717) is 24.5 Å². The molecule has 1 amide bonds. The third-order valence-electron chi connectivity index (χ3n) is 4.11. The standard InChI is InChI=1S/C19H21N3O3/c1-24-17-9-8-15(11-18(17)25-2)16-6-3-7-19(23)22(21-16)13-14-5-4-10-20-12-14/h4-5,8-12H,3,6-7,13H2,1-2H3. The molecule has 0 unspecified atom stereocenters. The van der Waals surface area contributed by atoms with Crippen LogP contribution >= 0.6 is 0 Å².